The fraction of sp³-hybridized carbons (Fsp3) is 0.571. The number of benzene rings is 1. The van der Waals surface area contributed by atoms with Gasteiger partial charge in [0, 0.05) is 5.02 Å². The number of aliphatic hydroxyl groups is 1. The van der Waals surface area contributed by atoms with Crippen molar-refractivity contribution in [3.63, 3.8) is 0 Å². The van der Waals surface area contributed by atoms with Crippen molar-refractivity contribution in [3.8, 4) is 0 Å². The lowest BCUT2D eigenvalue weighted by Gasteiger charge is -2.27. The van der Waals surface area contributed by atoms with E-state index in [0.717, 1.165) is 17.4 Å². The van der Waals surface area contributed by atoms with Crippen molar-refractivity contribution in [2.45, 2.75) is 31.8 Å². The molecule has 2 bridgehead atoms. The van der Waals surface area contributed by atoms with Crippen LogP contribution in [0.4, 0.5) is 0 Å². The van der Waals surface area contributed by atoms with Crippen LogP contribution in [0.1, 0.15) is 37.4 Å². The highest BCUT2D eigenvalue weighted by molar-refractivity contribution is 6.31. The molecule has 2 heteroatoms. The highest BCUT2D eigenvalue weighted by Gasteiger charge is 2.43. The molecule has 2 saturated carbocycles. The Kier molecular flexibility index (Phi) is 2.68. The number of halogens is 1. The van der Waals surface area contributed by atoms with E-state index in [1.165, 1.54) is 25.7 Å². The van der Waals surface area contributed by atoms with E-state index in [0.29, 0.717) is 10.9 Å². The van der Waals surface area contributed by atoms with Gasteiger partial charge in [-0.25, -0.2) is 0 Å². The summed E-state index contributed by atoms with van der Waals surface area (Å²) in [6, 6.07) is 7.70. The number of hydrogen-bond donors (Lipinski definition) is 1. The van der Waals surface area contributed by atoms with Crippen LogP contribution in [-0.4, -0.2) is 5.11 Å². The van der Waals surface area contributed by atoms with Crippen LogP contribution in [-0.2, 0) is 0 Å². The van der Waals surface area contributed by atoms with Gasteiger partial charge < -0.3 is 5.11 Å². The zero-order valence-electron chi connectivity index (χ0n) is 9.27. The van der Waals surface area contributed by atoms with Crippen LogP contribution < -0.4 is 0 Å². The first-order valence-corrected chi connectivity index (χ1v) is 6.56. The predicted molar refractivity (Wildman–Crippen MR) is 65.3 cm³/mol. The van der Waals surface area contributed by atoms with Gasteiger partial charge in [0.25, 0.3) is 0 Å². The maximum atomic E-state index is 10.4. The second-order valence-electron chi connectivity index (χ2n) is 5.31. The lowest BCUT2D eigenvalue weighted by atomic mass is 9.82. The summed E-state index contributed by atoms with van der Waals surface area (Å²) >= 11 is 6.14. The molecule has 3 rings (SSSR count). The molecule has 0 spiro atoms. The zero-order valence-corrected chi connectivity index (χ0v) is 10.0. The molecule has 1 aromatic carbocycles. The van der Waals surface area contributed by atoms with Crippen molar-refractivity contribution >= 4 is 11.6 Å². The summed E-state index contributed by atoms with van der Waals surface area (Å²) in [5, 5.41) is 11.1. The van der Waals surface area contributed by atoms with Crippen LogP contribution >= 0.6 is 11.6 Å². The van der Waals surface area contributed by atoms with Gasteiger partial charge in [-0.1, -0.05) is 36.2 Å². The SMILES string of the molecule is OC(c1ccccc1Cl)C1CC2CCC1C2. The summed E-state index contributed by atoms with van der Waals surface area (Å²) in [6.45, 7) is 0. The van der Waals surface area contributed by atoms with E-state index in [1.807, 2.05) is 24.3 Å². The normalized spacial score (nSPS) is 34.2. The van der Waals surface area contributed by atoms with E-state index < -0.39 is 0 Å². The van der Waals surface area contributed by atoms with Crippen LogP contribution in [0.15, 0.2) is 24.3 Å². The maximum Gasteiger partial charge on any atom is 0.0835 e. The molecule has 0 radical (unpaired) electrons. The second-order valence-corrected chi connectivity index (χ2v) is 5.71. The van der Waals surface area contributed by atoms with Crippen LogP contribution in [0, 0.1) is 17.8 Å². The predicted octanol–water partition coefficient (Wildman–Crippen LogP) is 3.81. The number of rotatable bonds is 2. The Bertz CT molecular complexity index is 390. The molecule has 0 amide bonds. The summed E-state index contributed by atoms with van der Waals surface area (Å²) in [5.41, 5.74) is 0.918. The van der Waals surface area contributed by atoms with Gasteiger partial charge in [-0.2, -0.15) is 0 Å². The highest BCUT2D eigenvalue weighted by Crippen LogP contribution is 2.53. The van der Waals surface area contributed by atoms with Gasteiger partial charge in [0.2, 0.25) is 0 Å². The Morgan fingerprint density at radius 3 is 2.62 bits per heavy atom. The van der Waals surface area contributed by atoms with Gasteiger partial charge in [0.1, 0.15) is 0 Å². The van der Waals surface area contributed by atoms with E-state index in [9.17, 15) is 5.11 Å². The van der Waals surface area contributed by atoms with Gasteiger partial charge >= 0.3 is 0 Å². The van der Waals surface area contributed by atoms with Crippen LogP contribution in [0.5, 0.6) is 0 Å². The molecule has 0 aliphatic heterocycles. The molecule has 0 heterocycles. The number of aliphatic hydroxyl groups excluding tert-OH is 1. The molecular formula is C14H17ClO. The first-order chi connectivity index (χ1) is 7.75. The third kappa shape index (κ3) is 1.66. The quantitative estimate of drug-likeness (QED) is 0.828. The van der Waals surface area contributed by atoms with Gasteiger partial charge in [-0.05, 0) is 48.6 Å². The molecular weight excluding hydrogens is 220 g/mol. The second kappa shape index (κ2) is 4.05. The third-order valence-corrected chi connectivity index (χ3v) is 4.77. The van der Waals surface area contributed by atoms with Crippen LogP contribution in [0.2, 0.25) is 5.02 Å². The Morgan fingerprint density at radius 2 is 2.00 bits per heavy atom. The summed E-state index contributed by atoms with van der Waals surface area (Å²) in [5.74, 6) is 2.04. The van der Waals surface area contributed by atoms with Gasteiger partial charge in [0.05, 0.1) is 6.10 Å². The standard InChI is InChI=1S/C14H17ClO/c15-13-4-2-1-3-11(13)14(16)12-8-9-5-6-10(12)7-9/h1-4,9-10,12,14,16H,5-8H2. The van der Waals surface area contributed by atoms with Crippen LogP contribution in [0.25, 0.3) is 0 Å². The minimum Gasteiger partial charge on any atom is -0.388 e. The van der Waals surface area contributed by atoms with Gasteiger partial charge in [-0.15, -0.1) is 0 Å². The Hall–Kier alpha value is -0.530. The van der Waals surface area contributed by atoms with Crippen molar-refractivity contribution in [2.75, 3.05) is 0 Å². The average Bonchev–Trinajstić information content (AvgIpc) is 2.90. The van der Waals surface area contributed by atoms with Crippen molar-refractivity contribution in [1.29, 1.82) is 0 Å². The van der Waals surface area contributed by atoms with E-state index in [1.54, 1.807) is 0 Å². The number of hydrogen-bond acceptors (Lipinski definition) is 1. The lowest BCUT2D eigenvalue weighted by molar-refractivity contribution is 0.0746. The molecule has 1 nitrogen and oxygen atoms in total. The molecule has 4 unspecified atom stereocenters. The summed E-state index contributed by atoms with van der Waals surface area (Å²) in [4.78, 5) is 0. The minimum absolute atomic E-state index is 0.357. The summed E-state index contributed by atoms with van der Waals surface area (Å²) < 4.78 is 0. The molecule has 1 N–H and O–H groups in total. The fourth-order valence-corrected chi connectivity index (χ4v) is 3.87. The van der Waals surface area contributed by atoms with Crippen molar-refractivity contribution < 1.29 is 5.11 Å². The maximum absolute atomic E-state index is 10.4. The average molecular weight is 237 g/mol. The highest BCUT2D eigenvalue weighted by atomic mass is 35.5. The van der Waals surface area contributed by atoms with Crippen molar-refractivity contribution in [2.24, 2.45) is 17.8 Å². The lowest BCUT2D eigenvalue weighted by Crippen LogP contribution is -2.19. The van der Waals surface area contributed by atoms with Crippen LogP contribution in [0.3, 0.4) is 0 Å². The molecule has 2 fully saturated rings. The van der Waals surface area contributed by atoms with E-state index in [2.05, 4.69) is 0 Å². The number of fused-ring (bicyclic) bond motifs is 2. The van der Waals surface area contributed by atoms with Gasteiger partial charge in [0.15, 0.2) is 0 Å². The third-order valence-electron chi connectivity index (χ3n) is 4.42. The zero-order chi connectivity index (χ0) is 11.1. The smallest absolute Gasteiger partial charge is 0.0835 e. The molecule has 0 saturated heterocycles. The van der Waals surface area contributed by atoms with E-state index >= 15 is 0 Å². The first kappa shape index (κ1) is 10.6. The van der Waals surface area contributed by atoms with Crippen molar-refractivity contribution in [3.05, 3.63) is 34.9 Å². The van der Waals surface area contributed by atoms with E-state index in [-0.39, 0.29) is 6.10 Å². The molecule has 2 aliphatic carbocycles. The Morgan fingerprint density at radius 1 is 1.19 bits per heavy atom. The molecule has 0 aromatic heterocycles. The Balaban J connectivity index is 1.83. The van der Waals surface area contributed by atoms with E-state index in [4.69, 9.17) is 11.6 Å². The molecule has 4 atom stereocenters. The topological polar surface area (TPSA) is 20.2 Å². The molecule has 86 valence electrons. The molecule has 1 aromatic rings. The summed E-state index contributed by atoms with van der Waals surface area (Å²) in [6.07, 6.45) is 4.83. The summed E-state index contributed by atoms with van der Waals surface area (Å²) in [7, 11) is 0. The Labute approximate surface area is 101 Å². The fourth-order valence-electron chi connectivity index (χ4n) is 3.63. The largest absolute Gasteiger partial charge is 0.388 e. The molecule has 2 aliphatic rings. The monoisotopic (exact) mass is 236 g/mol. The first-order valence-electron chi connectivity index (χ1n) is 6.18. The molecule has 16 heavy (non-hydrogen) atoms. The van der Waals surface area contributed by atoms with Crippen molar-refractivity contribution in [1.82, 2.24) is 0 Å². The minimum atomic E-state index is -0.357. The van der Waals surface area contributed by atoms with Gasteiger partial charge in [-0.3, -0.25) is 0 Å².